The van der Waals surface area contributed by atoms with Crippen molar-refractivity contribution >= 4 is 16.9 Å². The third kappa shape index (κ3) is 2.91. The lowest BCUT2D eigenvalue weighted by molar-refractivity contribution is 0.0603. The van der Waals surface area contributed by atoms with Gasteiger partial charge in [-0.05, 0) is 56.0 Å². The van der Waals surface area contributed by atoms with Gasteiger partial charge in [0.2, 0.25) is 0 Å². The largest absolute Gasteiger partial charge is 0.465 e. The minimum absolute atomic E-state index is 0.272. The van der Waals surface area contributed by atoms with E-state index in [1.165, 1.54) is 13.2 Å². The molecular formula is C22H23FN2O2. The predicted molar refractivity (Wildman–Crippen MR) is 103 cm³/mol. The molecule has 0 N–H and O–H groups in total. The van der Waals surface area contributed by atoms with Crippen LogP contribution in [-0.2, 0) is 4.74 Å². The van der Waals surface area contributed by atoms with E-state index in [1.54, 1.807) is 13.1 Å². The van der Waals surface area contributed by atoms with Gasteiger partial charge < -0.3 is 9.30 Å². The van der Waals surface area contributed by atoms with Gasteiger partial charge >= 0.3 is 5.97 Å². The molecule has 0 unspecified atom stereocenters. The molecule has 1 aliphatic carbocycles. The van der Waals surface area contributed by atoms with Crippen LogP contribution in [0.4, 0.5) is 4.39 Å². The van der Waals surface area contributed by atoms with E-state index in [-0.39, 0.29) is 11.9 Å². The van der Waals surface area contributed by atoms with Crippen molar-refractivity contribution in [2.75, 3.05) is 7.11 Å². The van der Waals surface area contributed by atoms with Crippen LogP contribution >= 0.6 is 0 Å². The monoisotopic (exact) mass is 366 g/mol. The highest BCUT2D eigenvalue weighted by Gasteiger charge is 2.30. The van der Waals surface area contributed by atoms with Crippen molar-refractivity contribution in [2.24, 2.45) is 0 Å². The Bertz CT molecular complexity index is 1020. The van der Waals surface area contributed by atoms with Crippen molar-refractivity contribution in [1.82, 2.24) is 9.55 Å². The molecule has 0 atom stereocenters. The van der Waals surface area contributed by atoms with Crippen LogP contribution in [0.5, 0.6) is 0 Å². The fraction of sp³-hybridized carbons (Fsp3) is 0.364. The van der Waals surface area contributed by atoms with Gasteiger partial charge in [0.25, 0.3) is 0 Å². The zero-order chi connectivity index (χ0) is 19.1. The first-order valence-corrected chi connectivity index (χ1v) is 9.36. The molecule has 0 radical (unpaired) electrons. The summed E-state index contributed by atoms with van der Waals surface area (Å²) in [6, 6.07) is 7.47. The number of pyridine rings is 1. The van der Waals surface area contributed by atoms with Crippen LogP contribution < -0.4 is 0 Å². The van der Waals surface area contributed by atoms with Crippen molar-refractivity contribution in [3.8, 4) is 11.4 Å². The molecule has 1 aliphatic rings. The molecule has 1 fully saturated rings. The first kappa shape index (κ1) is 17.7. The number of aryl methyl sites for hydroxylation is 2. The highest BCUT2D eigenvalue weighted by atomic mass is 19.1. The van der Waals surface area contributed by atoms with Gasteiger partial charge in [-0.1, -0.05) is 18.9 Å². The van der Waals surface area contributed by atoms with Crippen LogP contribution in [0.25, 0.3) is 22.3 Å². The number of halogens is 1. The molecule has 0 bridgehead atoms. The molecule has 4 rings (SSSR count). The van der Waals surface area contributed by atoms with Gasteiger partial charge in [-0.3, -0.25) is 4.98 Å². The average molecular weight is 366 g/mol. The fourth-order valence-electron chi connectivity index (χ4n) is 4.14. The summed E-state index contributed by atoms with van der Waals surface area (Å²) in [5.74, 6) is -0.781. The van der Waals surface area contributed by atoms with Gasteiger partial charge in [0.05, 0.1) is 29.6 Å². The number of rotatable bonds is 3. The van der Waals surface area contributed by atoms with E-state index in [2.05, 4.69) is 9.55 Å². The summed E-state index contributed by atoms with van der Waals surface area (Å²) < 4.78 is 21.7. The van der Waals surface area contributed by atoms with E-state index in [4.69, 9.17) is 4.74 Å². The van der Waals surface area contributed by atoms with E-state index >= 15 is 0 Å². The van der Waals surface area contributed by atoms with E-state index in [1.807, 2.05) is 25.1 Å². The molecule has 0 amide bonds. The Balaban J connectivity index is 2.12. The lowest BCUT2D eigenvalue weighted by atomic mass is 10.1. The molecule has 27 heavy (non-hydrogen) atoms. The van der Waals surface area contributed by atoms with Gasteiger partial charge in [0.1, 0.15) is 5.82 Å². The van der Waals surface area contributed by atoms with E-state index in [0.717, 1.165) is 42.5 Å². The molecule has 4 nitrogen and oxygen atoms in total. The third-order valence-corrected chi connectivity index (χ3v) is 5.52. The Morgan fingerprint density at radius 2 is 1.96 bits per heavy atom. The molecule has 1 saturated carbocycles. The third-order valence-electron chi connectivity index (χ3n) is 5.52. The number of hydrogen-bond acceptors (Lipinski definition) is 3. The lowest BCUT2D eigenvalue weighted by Gasteiger charge is -2.18. The minimum atomic E-state index is -0.461. The predicted octanol–water partition coefficient (Wildman–Crippen LogP) is 5.36. The number of carbonyl (C=O) groups is 1. The lowest BCUT2D eigenvalue weighted by Crippen LogP contribution is -2.10. The van der Waals surface area contributed by atoms with E-state index < -0.39 is 5.97 Å². The second kappa shape index (κ2) is 6.80. The Labute approximate surface area is 158 Å². The van der Waals surface area contributed by atoms with Crippen LogP contribution in [0, 0.1) is 19.7 Å². The molecule has 5 heteroatoms. The Morgan fingerprint density at radius 1 is 1.22 bits per heavy atom. The van der Waals surface area contributed by atoms with Gasteiger partial charge in [-0.15, -0.1) is 0 Å². The molecule has 2 heterocycles. The van der Waals surface area contributed by atoms with Crippen LogP contribution in [-0.4, -0.2) is 22.6 Å². The molecule has 1 aromatic carbocycles. The maximum absolute atomic E-state index is 14.4. The van der Waals surface area contributed by atoms with Crippen molar-refractivity contribution < 1.29 is 13.9 Å². The van der Waals surface area contributed by atoms with Crippen LogP contribution in [0.3, 0.4) is 0 Å². The van der Waals surface area contributed by atoms with Crippen LogP contribution in [0.1, 0.15) is 53.2 Å². The molecule has 2 aromatic heterocycles. The Kier molecular flexibility index (Phi) is 4.46. The number of benzene rings is 1. The van der Waals surface area contributed by atoms with Crippen molar-refractivity contribution in [3.63, 3.8) is 0 Å². The quantitative estimate of drug-likeness (QED) is 0.586. The second-order valence-corrected chi connectivity index (χ2v) is 7.36. The molecule has 0 saturated heterocycles. The average Bonchev–Trinajstić information content (AvgIpc) is 3.28. The molecule has 140 valence electrons. The number of aromatic nitrogens is 2. The number of ether oxygens (including phenoxy) is 1. The zero-order valence-electron chi connectivity index (χ0n) is 15.9. The minimum Gasteiger partial charge on any atom is -0.465 e. The maximum atomic E-state index is 14.4. The number of nitrogens with zero attached hydrogens (tertiary/aromatic N) is 2. The Hall–Kier alpha value is -2.69. The van der Waals surface area contributed by atoms with Crippen LogP contribution in [0.2, 0.25) is 0 Å². The van der Waals surface area contributed by atoms with E-state index in [9.17, 15) is 9.18 Å². The zero-order valence-corrected chi connectivity index (χ0v) is 15.9. The smallest absolute Gasteiger partial charge is 0.340 e. The van der Waals surface area contributed by atoms with Crippen LogP contribution in [0.15, 0.2) is 30.5 Å². The molecule has 0 spiro atoms. The highest BCUT2D eigenvalue weighted by Crippen LogP contribution is 2.41. The summed E-state index contributed by atoms with van der Waals surface area (Å²) in [4.78, 5) is 17.3. The second-order valence-electron chi connectivity index (χ2n) is 7.36. The van der Waals surface area contributed by atoms with Gasteiger partial charge in [-0.25, -0.2) is 9.18 Å². The summed E-state index contributed by atoms with van der Waals surface area (Å²) in [7, 11) is 1.36. The summed E-state index contributed by atoms with van der Waals surface area (Å²) in [5, 5.41) is 0.592. The van der Waals surface area contributed by atoms with Crippen molar-refractivity contribution in [2.45, 2.75) is 45.6 Å². The summed E-state index contributed by atoms with van der Waals surface area (Å²) in [5.41, 5.74) is 4.33. The Morgan fingerprint density at radius 3 is 2.59 bits per heavy atom. The van der Waals surface area contributed by atoms with Gasteiger partial charge in [0.15, 0.2) is 0 Å². The number of fused-ring (bicyclic) bond motifs is 1. The first-order valence-electron chi connectivity index (χ1n) is 9.36. The molecule has 0 aliphatic heterocycles. The summed E-state index contributed by atoms with van der Waals surface area (Å²) >= 11 is 0. The SMILES string of the molecule is COC(=O)c1c(-c2ccc(C)cn2)n(C2CCCC2)c2cc(C)c(F)cc12. The summed E-state index contributed by atoms with van der Waals surface area (Å²) in [6.45, 7) is 3.73. The fourth-order valence-corrected chi connectivity index (χ4v) is 4.14. The first-order chi connectivity index (χ1) is 13.0. The van der Waals surface area contributed by atoms with Crippen molar-refractivity contribution in [3.05, 3.63) is 53.0 Å². The standard InChI is InChI=1S/C22H23FN2O2/c1-13-8-9-18(24-12-13)21-20(22(26)27-3)16-11-17(23)14(2)10-19(16)25(21)15-6-4-5-7-15/h8-12,15H,4-7H2,1-3H3. The highest BCUT2D eigenvalue weighted by molar-refractivity contribution is 6.10. The molecule has 3 aromatic rings. The maximum Gasteiger partial charge on any atom is 0.340 e. The normalized spacial score (nSPS) is 14.8. The molecular weight excluding hydrogens is 343 g/mol. The van der Waals surface area contributed by atoms with Gasteiger partial charge in [-0.2, -0.15) is 0 Å². The van der Waals surface area contributed by atoms with Crippen molar-refractivity contribution in [1.29, 1.82) is 0 Å². The summed E-state index contributed by atoms with van der Waals surface area (Å²) in [6.07, 6.45) is 6.18. The number of hydrogen-bond donors (Lipinski definition) is 0. The number of esters is 1. The van der Waals surface area contributed by atoms with Gasteiger partial charge in [0, 0.05) is 17.6 Å². The number of methoxy groups -OCH3 is 1. The number of carbonyl (C=O) groups excluding carboxylic acids is 1. The van der Waals surface area contributed by atoms with E-state index in [0.29, 0.717) is 22.2 Å². The topological polar surface area (TPSA) is 44.1 Å².